The number of hydrogen-bond donors (Lipinski definition) is 2. The number of nitrogens with one attached hydrogen (secondary N) is 2. The van der Waals surface area contributed by atoms with Crippen molar-refractivity contribution in [3.05, 3.63) is 29.6 Å². The average molecular weight is 431 g/mol. The van der Waals surface area contributed by atoms with E-state index in [4.69, 9.17) is 9.47 Å². The van der Waals surface area contributed by atoms with E-state index in [1.54, 1.807) is 0 Å². The van der Waals surface area contributed by atoms with E-state index in [0.29, 0.717) is 18.4 Å². The summed E-state index contributed by atoms with van der Waals surface area (Å²) >= 11 is 1.37. The third kappa shape index (κ3) is 5.28. The first-order valence-electron chi connectivity index (χ1n) is 10.8. The van der Waals surface area contributed by atoms with Crippen molar-refractivity contribution in [2.75, 3.05) is 19.0 Å². The highest BCUT2D eigenvalue weighted by Gasteiger charge is 2.22. The van der Waals surface area contributed by atoms with E-state index in [-0.39, 0.29) is 23.6 Å². The Balaban J connectivity index is 1.32. The van der Waals surface area contributed by atoms with Crippen molar-refractivity contribution in [3.8, 4) is 11.5 Å². The number of carbonyl (C=O) groups excluding carboxylic acids is 1. The zero-order valence-corrected chi connectivity index (χ0v) is 18.5. The van der Waals surface area contributed by atoms with Gasteiger partial charge >= 0.3 is 0 Å². The summed E-state index contributed by atoms with van der Waals surface area (Å²) in [6, 6.07) is 5.78. The van der Waals surface area contributed by atoms with Crippen LogP contribution in [0.25, 0.3) is 0 Å². The van der Waals surface area contributed by atoms with Crippen molar-refractivity contribution < 1.29 is 14.3 Å². The van der Waals surface area contributed by atoms with Crippen LogP contribution >= 0.6 is 11.8 Å². The third-order valence-corrected chi connectivity index (χ3v) is 6.56. The highest BCUT2D eigenvalue weighted by atomic mass is 32.2. The van der Waals surface area contributed by atoms with E-state index in [9.17, 15) is 4.79 Å². The molecule has 1 unspecified atom stereocenters. The first-order chi connectivity index (χ1) is 14.6. The number of amides is 1. The predicted molar refractivity (Wildman–Crippen MR) is 116 cm³/mol. The van der Waals surface area contributed by atoms with Gasteiger partial charge in [-0.05, 0) is 29.5 Å². The number of H-pyrrole nitrogens is 1. The molecule has 1 aromatic heterocycles. The largest absolute Gasteiger partial charge is 0.486 e. The van der Waals surface area contributed by atoms with Crippen molar-refractivity contribution in [3.63, 3.8) is 0 Å². The van der Waals surface area contributed by atoms with Crippen LogP contribution in [-0.2, 0) is 11.2 Å². The van der Waals surface area contributed by atoms with Gasteiger partial charge in [-0.15, -0.1) is 5.10 Å². The van der Waals surface area contributed by atoms with Crippen LogP contribution in [0.3, 0.4) is 0 Å². The van der Waals surface area contributed by atoms with Gasteiger partial charge in [-0.25, -0.2) is 4.98 Å². The summed E-state index contributed by atoms with van der Waals surface area (Å²) in [6.45, 7) is 5.31. The number of ether oxygens (including phenoxy) is 2. The fourth-order valence-corrected chi connectivity index (χ4v) is 4.78. The lowest BCUT2D eigenvalue weighted by atomic mass is 9.95. The number of hydrogen-bond acceptors (Lipinski definition) is 6. The number of aromatic nitrogens is 3. The van der Waals surface area contributed by atoms with Gasteiger partial charge in [-0.2, -0.15) is 0 Å². The van der Waals surface area contributed by atoms with E-state index in [1.165, 1.54) is 37.4 Å². The van der Waals surface area contributed by atoms with Crippen LogP contribution in [0.2, 0.25) is 0 Å². The Morgan fingerprint density at radius 3 is 2.77 bits per heavy atom. The Labute approximate surface area is 181 Å². The van der Waals surface area contributed by atoms with Gasteiger partial charge in [0.15, 0.2) is 11.5 Å². The van der Waals surface area contributed by atoms with Crippen LogP contribution in [0.4, 0.5) is 0 Å². The minimum atomic E-state index is -0.0982. The van der Waals surface area contributed by atoms with Gasteiger partial charge in [0, 0.05) is 6.42 Å². The molecule has 30 heavy (non-hydrogen) atoms. The van der Waals surface area contributed by atoms with Crippen LogP contribution in [0.1, 0.15) is 57.0 Å². The number of benzene rings is 1. The van der Waals surface area contributed by atoms with Gasteiger partial charge in [0.05, 0.1) is 11.8 Å². The number of fused-ring (bicyclic) bond motifs is 1. The second-order valence-corrected chi connectivity index (χ2v) is 9.34. The number of nitrogens with zero attached hydrogens (tertiary/aromatic N) is 2. The fraction of sp³-hybridized carbons (Fsp3) is 0.591. The minimum Gasteiger partial charge on any atom is -0.486 e. The molecule has 1 fully saturated rings. The monoisotopic (exact) mass is 430 g/mol. The lowest BCUT2D eigenvalue weighted by Gasteiger charge is -2.25. The Kier molecular flexibility index (Phi) is 6.82. The summed E-state index contributed by atoms with van der Waals surface area (Å²) in [5.41, 5.74) is 1.02. The molecule has 1 saturated carbocycles. The first-order valence-corrected chi connectivity index (χ1v) is 11.8. The molecular weight excluding hydrogens is 400 g/mol. The molecule has 2 aliphatic rings. The number of thioether (sulfide) groups is 1. The van der Waals surface area contributed by atoms with Crippen LogP contribution < -0.4 is 14.8 Å². The van der Waals surface area contributed by atoms with E-state index in [0.717, 1.165) is 35.2 Å². The topological polar surface area (TPSA) is 89.1 Å². The van der Waals surface area contributed by atoms with Gasteiger partial charge in [0.2, 0.25) is 11.1 Å². The van der Waals surface area contributed by atoms with Gasteiger partial charge in [-0.3, -0.25) is 9.89 Å². The molecular formula is C22H30N4O3S. The molecule has 2 heterocycles. The van der Waals surface area contributed by atoms with E-state index in [2.05, 4.69) is 34.3 Å². The predicted octanol–water partition coefficient (Wildman–Crippen LogP) is 3.91. The summed E-state index contributed by atoms with van der Waals surface area (Å²) in [5, 5.41) is 11.1. The van der Waals surface area contributed by atoms with Crippen molar-refractivity contribution >= 4 is 17.7 Å². The van der Waals surface area contributed by atoms with Crippen LogP contribution in [0.15, 0.2) is 23.4 Å². The SMILES string of the molecule is CC(C)C(NC(=O)CSc1n[nH]c(CC2CCCC2)n1)c1ccc2c(c1)OCCO2. The molecule has 1 aliphatic carbocycles. The lowest BCUT2D eigenvalue weighted by Crippen LogP contribution is -2.33. The summed E-state index contributed by atoms with van der Waals surface area (Å²) in [4.78, 5) is 17.2. The lowest BCUT2D eigenvalue weighted by molar-refractivity contribution is -0.119. The standard InChI is InChI=1S/C22H30N4O3S/c1-14(2)21(16-7-8-17-18(12-16)29-10-9-28-17)24-20(27)13-30-22-23-19(25-26-22)11-15-5-3-4-6-15/h7-8,12,14-15,21H,3-6,9-11,13H2,1-2H3,(H,24,27)(H,23,25,26). The maximum Gasteiger partial charge on any atom is 0.230 e. The molecule has 1 amide bonds. The number of carbonyl (C=O) groups is 1. The molecule has 1 aliphatic heterocycles. The Hall–Kier alpha value is -2.22. The number of rotatable bonds is 8. The summed E-state index contributed by atoms with van der Waals surface area (Å²) in [7, 11) is 0. The molecule has 7 nitrogen and oxygen atoms in total. The normalized spacial score (nSPS) is 17.3. The quantitative estimate of drug-likeness (QED) is 0.617. The van der Waals surface area contributed by atoms with E-state index >= 15 is 0 Å². The smallest absolute Gasteiger partial charge is 0.230 e. The summed E-state index contributed by atoms with van der Waals surface area (Å²) < 4.78 is 11.3. The van der Waals surface area contributed by atoms with Gasteiger partial charge in [0.25, 0.3) is 0 Å². The molecule has 162 valence electrons. The van der Waals surface area contributed by atoms with Crippen LogP contribution in [0.5, 0.6) is 11.5 Å². The van der Waals surface area contributed by atoms with Crippen molar-refractivity contribution in [1.82, 2.24) is 20.5 Å². The Morgan fingerprint density at radius 1 is 1.23 bits per heavy atom. The molecule has 0 bridgehead atoms. The second kappa shape index (κ2) is 9.73. The molecule has 1 atom stereocenters. The molecule has 2 N–H and O–H groups in total. The van der Waals surface area contributed by atoms with E-state index < -0.39 is 0 Å². The molecule has 0 spiro atoms. The molecule has 4 rings (SSSR count). The molecule has 1 aromatic carbocycles. The maximum absolute atomic E-state index is 12.6. The minimum absolute atomic E-state index is 0.0317. The Morgan fingerprint density at radius 2 is 2.00 bits per heavy atom. The van der Waals surface area contributed by atoms with Crippen molar-refractivity contribution in [2.45, 2.75) is 57.1 Å². The van der Waals surface area contributed by atoms with Gasteiger partial charge < -0.3 is 14.8 Å². The first kappa shape index (κ1) is 21.0. The zero-order chi connectivity index (χ0) is 20.9. The molecule has 8 heteroatoms. The highest BCUT2D eigenvalue weighted by molar-refractivity contribution is 7.99. The Bertz CT molecular complexity index is 864. The van der Waals surface area contributed by atoms with Crippen molar-refractivity contribution in [2.24, 2.45) is 11.8 Å². The summed E-state index contributed by atoms with van der Waals surface area (Å²) in [6.07, 6.45) is 6.16. The van der Waals surface area contributed by atoms with Crippen LogP contribution in [-0.4, -0.2) is 40.1 Å². The van der Waals surface area contributed by atoms with Gasteiger partial charge in [-0.1, -0.05) is 57.4 Å². The van der Waals surface area contributed by atoms with E-state index in [1.807, 2.05) is 18.2 Å². The second-order valence-electron chi connectivity index (χ2n) is 8.40. The average Bonchev–Trinajstić information content (AvgIpc) is 3.42. The van der Waals surface area contributed by atoms with Crippen molar-refractivity contribution in [1.29, 1.82) is 0 Å². The highest BCUT2D eigenvalue weighted by Crippen LogP contribution is 2.34. The molecule has 2 aromatic rings. The molecule has 0 saturated heterocycles. The zero-order valence-electron chi connectivity index (χ0n) is 17.6. The molecule has 0 radical (unpaired) electrons. The fourth-order valence-electron chi connectivity index (χ4n) is 4.16. The third-order valence-electron chi connectivity index (χ3n) is 5.71. The number of aromatic amines is 1. The maximum atomic E-state index is 12.6. The summed E-state index contributed by atoms with van der Waals surface area (Å²) in [5.74, 6) is 3.64. The van der Waals surface area contributed by atoms with Crippen LogP contribution in [0, 0.1) is 11.8 Å². The van der Waals surface area contributed by atoms with Gasteiger partial charge in [0.1, 0.15) is 19.0 Å².